The molecule has 0 aromatic rings. The van der Waals surface area contributed by atoms with E-state index in [1.807, 2.05) is 6.92 Å². The van der Waals surface area contributed by atoms with Gasteiger partial charge >= 0.3 is 0 Å². The van der Waals surface area contributed by atoms with Gasteiger partial charge in [0.1, 0.15) is 6.10 Å². The molecule has 0 amide bonds. The van der Waals surface area contributed by atoms with Crippen molar-refractivity contribution in [1.82, 2.24) is 0 Å². The summed E-state index contributed by atoms with van der Waals surface area (Å²) in [5, 5.41) is 9.64. The molecule has 12 heavy (non-hydrogen) atoms. The molecule has 3 unspecified atom stereocenters. The van der Waals surface area contributed by atoms with Crippen molar-refractivity contribution >= 4 is 0 Å². The quantitative estimate of drug-likeness (QED) is 0.640. The van der Waals surface area contributed by atoms with Crippen LogP contribution in [0.4, 0.5) is 0 Å². The van der Waals surface area contributed by atoms with Gasteiger partial charge in [0.15, 0.2) is 0 Å². The van der Waals surface area contributed by atoms with Crippen molar-refractivity contribution in [2.24, 2.45) is 5.92 Å². The normalized spacial score (nSPS) is 32.9. The van der Waals surface area contributed by atoms with Crippen LogP contribution >= 0.6 is 0 Å². The summed E-state index contributed by atoms with van der Waals surface area (Å²) in [7, 11) is 0. The first kappa shape index (κ1) is 9.75. The standard InChI is InChI=1S/C10H18O2/c1-7(2)10(11)9-6-8(3)4-5-12-9/h8-11H,1,4-6H2,2-3H3. The van der Waals surface area contributed by atoms with Crippen LogP contribution in [-0.2, 0) is 4.74 Å². The molecular weight excluding hydrogens is 152 g/mol. The topological polar surface area (TPSA) is 29.5 Å². The van der Waals surface area contributed by atoms with Crippen LogP contribution in [-0.4, -0.2) is 23.9 Å². The Morgan fingerprint density at radius 3 is 2.83 bits per heavy atom. The molecule has 70 valence electrons. The predicted octanol–water partition coefficient (Wildman–Crippen LogP) is 1.74. The summed E-state index contributed by atoms with van der Waals surface area (Å²) < 4.78 is 5.46. The lowest BCUT2D eigenvalue weighted by atomic mass is 9.93. The van der Waals surface area contributed by atoms with Crippen molar-refractivity contribution in [3.63, 3.8) is 0 Å². The zero-order chi connectivity index (χ0) is 9.14. The summed E-state index contributed by atoms with van der Waals surface area (Å²) in [6.45, 7) is 8.53. The van der Waals surface area contributed by atoms with E-state index in [9.17, 15) is 5.11 Å². The lowest BCUT2D eigenvalue weighted by Crippen LogP contribution is -2.35. The fourth-order valence-corrected chi connectivity index (χ4v) is 1.54. The minimum atomic E-state index is -0.479. The zero-order valence-electron chi connectivity index (χ0n) is 7.92. The molecule has 1 heterocycles. The minimum Gasteiger partial charge on any atom is -0.386 e. The summed E-state index contributed by atoms with van der Waals surface area (Å²) >= 11 is 0. The summed E-state index contributed by atoms with van der Waals surface area (Å²) in [5.74, 6) is 0.665. The predicted molar refractivity (Wildman–Crippen MR) is 49.0 cm³/mol. The van der Waals surface area contributed by atoms with Crippen LogP contribution in [0.3, 0.4) is 0 Å². The number of rotatable bonds is 2. The third-order valence-corrected chi connectivity index (χ3v) is 2.43. The molecule has 0 aliphatic carbocycles. The molecule has 0 radical (unpaired) electrons. The van der Waals surface area contributed by atoms with Gasteiger partial charge in [0.2, 0.25) is 0 Å². The van der Waals surface area contributed by atoms with Crippen molar-refractivity contribution in [3.8, 4) is 0 Å². The highest BCUT2D eigenvalue weighted by Gasteiger charge is 2.26. The van der Waals surface area contributed by atoms with Gasteiger partial charge in [-0.1, -0.05) is 13.5 Å². The van der Waals surface area contributed by atoms with E-state index in [2.05, 4.69) is 13.5 Å². The first-order valence-electron chi connectivity index (χ1n) is 4.56. The van der Waals surface area contributed by atoms with Crippen LogP contribution in [0.5, 0.6) is 0 Å². The van der Waals surface area contributed by atoms with Gasteiger partial charge in [-0.2, -0.15) is 0 Å². The van der Waals surface area contributed by atoms with E-state index in [0.717, 1.165) is 25.0 Å². The van der Waals surface area contributed by atoms with E-state index < -0.39 is 6.10 Å². The van der Waals surface area contributed by atoms with Crippen LogP contribution in [0.15, 0.2) is 12.2 Å². The Hall–Kier alpha value is -0.340. The van der Waals surface area contributed by atoms with Crippen LogP contribution in [0, 0.1) is 5.92 Å². The average molecular weight is 170 g/mol. The van der Waals surface area contributed by atoms with Gasteiger partial charge in [0, 0.05) is 6.61 Å². The van der Waals surface area contributed by atoms with Crippen molar-refractivity contribution in [3.05, 3.63) is 12.2 Å². The summed E-state index contributed by atoms with van der Waals surface area (Å²) in [5.41, 5.74) is 0.800. The molecule has 1 aliphatic rings. The Labute approximate surface area is 74.2 Å². The second-order valence-corrected chi connectivity index (χ2v) is 3.83. The number of ether oxygens (including phenoxy) is 1. The van der Waals surface area contributed by atoms with E-state index in [4.69, 9.17) is 4.74 Å². The van der Waals surface area contributed by atoms with E-state index in [1.54, 1.807) is 0 Å². The molecule has 2 heteroatoms. The van der Waals surface area contributed by atoms with Crippen molar-refractivity contribution < 1.29 is 9.84 Å². The van der Waals surface area contributed by atoms with Crippen LogP contribution in [0.25, 0.3) is 0 Å². The highest BCUT2D eigenvalue weighted by atomic mass is 16.5. The Morgan fingerprint density at radius 2 is 2.33 bits per heavy atom. The van der Waals surface area contributed by atoms with Gasteiger partial charge < -0.3 is 9.84 Å². The largest absolute Gasteiger partial charge is 0.386 e. The summed E-state index contributed by atoms with van der Waals surface area (Å²) in [6, 6.07) is 0. The van der Waals surface area contributed by atoms with Crippen molar-refractivity contribution in [2.45, 2.75) is 38.9 Å². The monoisotopic (exact) mass is 170 g/mol. The average Bonchev–Trinajstić information content (AvgIpc) is 2.03. The van der Waals surface area contributed by atoms with E-state index in [-0.39, 0.29) is 6.10 Å². The first-order valence-corrected chi connectivity index (χ1v) is 4.56. The lowest BCUT2D eigenvalue weighted by molar-refractivity contribution is -0.0625. The molecular formula is C10H18O2. The van der Waals surface area contributed by atoms with Gasteiger partial charge in [-0.05, 0) is 31.3 Å². The minimum absolute atomic E-state index is 0.0220. The number of aliphatic hydroxyl groups is 1. The number of hydrogen-bond donors (Lipinski definition) is 1. The van der Waals surface area contributed by atoms with Gasteiger partial charge in [-0.25, -0.2) is 0 Å². The SMILES string of the molecule is C=C(C)C(O)C1CC(C)CCO1. The van der Waals surface area contributed by atoms with Gasteiger partial charge in [-0.3, -0.25) is 0 Å². The highest BCUT2D eigenvalue weighted by Crippen LogP contribution is 2.23. The molecule has 3 atom stereocenters. The van der Waals surface area contributed by atoms with E-state index >= 15 is 0 Å². The Balaban J connectivity index is 2.45. The molecule has 0 spiro atoms. The van der Waals surface area contributed by atoms with Crippen LogP contribution in [0.1, 0.15) is 26.7 Å². The van der Waals surface area contributed by atoms with Gasteiger partial charge in [0.25, 0.3) is 0 Å². The molecule has 0 saturated carbocycles. The zero-order valence-corrected chi connectivity index (χ0v) is 7.92. The van der Waals surface area contributed by atoms with Crippen molar-refractivity contribution in [2.75, 3.05) is 6.61 Å². The summed E-state index contributed by atoms with van der Waals surface area (Å²) in [6.07, 6.45) is 1.56. The lowest BCUT2D eigenvalue weighted by Gasteiger charge is -2.30. The fraction of sp³-hybridized carbons (Fsp3) is 0.800. The van der Waals surface area contributed by atoms with Crippen molar-refractivity contribution in [1.29, 1.82) is 0 Å². The fourth-order valence-electron chi connectivity index (χ4n) is 1.54. The van der Waals surface area contributed by atoms with Gasteiger partial charge in [0.05, 0.1) is 6.10 Å². The van der Waals surface area contributed by atoms with Crippen LogP contribution < -0.4 is 0 Å². The molecule has 0 aromatic carbocycles. The highest BCUT2D eigenvalue weighted by molar-refractivity contribution is 5.01. The molecule has 1 N–H and O–H groups in total. The Kier molecular flexibility index (Phi) is 3.29. The van der Waals surface area contributed by atoms with Gasteiger partial charge in [-0.15, -0.1) is 0 Å². The third-order valence-electron chi connectivity index (χ3n) is 2.43. The molecule has 0 aromatic heterocycles. The molecule has 1 saturated heterocycles. The Morgan fingerprint density at radius 1 is 1.67 bits per heavy atom. The van der Waals surface area contributed by atoms with E-state index in [0.29, 0.717) is 5.92 Å². The summed E-state index contributed by atoms with van der Waals surface area (Å²) in [4.78, 5) is 0. The molecule has 0 bridgehead atoms. The maximum atomic E-state index is 9.64. The molecule has 1 aliphatic heterocycles. The first-order chi connectivity index (χ1) is 5.61. The molecule has 2 nitrogen and oxygen atoms in total. The van der Waals surface area contributed by atoms with E-state index in [1.165, 1.54) is 0 Å². The van der Waals surface area contributed by atoms with Crippen LogP contribution in [0.2, 0.25) is 0 Å². The number of aliphatic hydroxyl groups excluding tert-OH is 1. The Bertz CT molecular complexity index is 165. The smallest absolute Gasteiger partial charge is 0.101 e. The second-order valence-electron chi connectivity index (χ2n) is 3.83. The maximum absolute atomic E-state index is 9.64. The molecule has 1 rings (SSSR count). The number of hydrogen-bond acceptors (Lipinski definition) is 2. The second kappa shape index (κ2) is 4.06. The third kappa shape index (κ3) is 2.32. The molecule has 1 fully saturated rings. The maximum Gasteiger partial charge on any atom is 0.101 e.